The zero-order valence-corrected chi connectivity index (χ0v) is 14.2. The number of carboxylic acids is 1. The number of fused-ring (bicyclic) bond motifs is 1. The van der Waals surface area contributed by atoms with Crippen molar-refractivity contribution in [1.29, 1.82) is 0 Å². The van der Waals surface area contributed by atoms with E-state index in [1.165, 1.54) is 0 Å². The van der Waals surface area contributed by atoms with Crippen LogP contribution in [0.2, 0.25) is 0 Å². The van der Waals surface area contributed by atoms with Crippen LogP contribution in [0.5, 0.6) is 0 Å². The van der Waals surface area contributed by atoms with Crippen molar-refractivity contribution in [2.45, 2.75) is 38.9 Å². The summed E-state index contributed by atoms with van der Waals surface area (Å²) >= 11 is 0. The maximum atomic E-state index is 10.6. The Morgan fingerprint density at radius 1 is 1.38 bits per heavy atom. The summed E-state index contributed by atoms with van der Waals surface area (Å²) in [6, 6.07) is 2.42. The first-order valence-electron chi connectivity index (χ1n) is 7.86. The SMILES string of the molecule is CCC[C@@H](C)n1cc(-c2ncnc3[nH]ccc23)cn1.O=C(O)C(F)(F)F. The summed E-state index contributed by atoms with van der Waals surface area (Å²) in [7, 11) is 0. The smallest absolute Gasteiger partial charge is 0.475 e. The minimum Gasteiger partial charge on any atom is -0.475 e. The third-order valence-electron chi connectivity index (χ3n) is 3.63. The van der Waals surface area contributed by atoms with Crippen LogP contribution in [0, 0.1) is 0 Å². The van der Waals surface area contributed by atoms with Crippen molar-refractivity contribution in [3.8, 4) is 11.3 Å². The molecule has 7 nitrogen and oxygen atoms in total. The second kappa shape index (κ2) is 7.98. The van der Waals surface area contributed by atoms with Gasteiger partial charge in [-0.1, -0.05) is 13.3 Å². The van der Waals surface area contributed by atoms with Crippen molar-refractivity contribution < 1.29 is 23.1 Å². The Morgan fingerprint density at radius 2 is 2.08 bits per heavy atom. The highest BCUT2D eigenvalue weighted by Gasteiger charge is 2.38. The number of nitrogens with zero attached hydrogens (tertiary/aromatic N) is 4. The number of H-pyrrole nitrogens is 1. The highest BCUT2D eigenvalue weighted by Crippen LogP contribution is 2.25. The van der Waals surface area contributed by atoms with Gasteiger partial charge in [0, 0.05) is 29.4 Å². The van der Waals surface area contributed by atoms with Gasteiger partial charge in [0.15, 0.2) is 0 Å². The van der Waals surface area contributed by atoms with E-state index in [0.717, 1.165) is 35.1 Å². The highest BCUT2D eigenvalue weighted by atomic mass is 19.4. The molecule has 1 atom stereocenters. The van der Waals surface area contributed by atoms with Crippen LogP contribution < -0.4 is 0 Å². The minimum atomic E-state index is -5.08. The second-order valence-corrected chi connectivity index (χ2v) is 5.61. The first kappa shape index (κ1) is 19.4. The number of hydrogen-bond acceptors (Lipinski definition) is 4. The number of halogens is 3. The Kier molecular flexibility index (Phi) is 5.96. The number of carbonyl (C=O) groups is 1. The molecule has 2 N–H and O–H groups in total. The lowest BCUT2D eigenvalue weighted by Gasteiger charge is -2.09. The molecule has 3 rings (SSSR count). The minimum absolute atomic E-state index is 0.419. The molecule has 26 heavy (non-hydrogen) atoms. The molecular formula is C16H18F3N5O2. The van der Waals surface area contributed by atoms with E-state index >= 15 is 0 Å². The molecule has 0 aromatic carbocycles. The van der Waals surface area contributed by atoms with Gasteiger partial charge >= 0.3 is 12.1 Å². The Hall–Kier alpha value is -2.91. The lowest BCUT2D eigenvalue weighted by atomic mass is 10.2. The summed E-state index contributed by atoms with van der Waals surface area (Å²) in [5.41, 5.74) is 2.83. The van der Waals surface area contributed by atoms with E-state index in [0.29, 0.717) is 6.04 Å². The molecule has 3 heterocycles. The van der Waals surface area contributed by atoms with Crippen molar-refractivity contribution >= 4 is 17.0 Å². The average Bonchev–Trinajstić information content (AvgIpc) is 3.24. The average molecular weight is 369 g/mol. The van der Waals surface area contributed by atoms with Crippen molar-refractivity contribution in [1.82, 2.24) is 24.7 Å². The molecule has 140 valence electrons. The molecule has 0 aliphatic carbocycles. The first-order chi connectivity index (χ1) is 12.2. The predicted octanol–water partition coefficient (Wildman–Crippen LogP) is 3.82. The number of hydrogen-bond donors (Lipinski definition) is 2. The zero-order chi connectivity index (χ0) is 19.3. The summed E-state index contributed by atoms with van der Waals surface area (Å²) in [4.78, 5) is 20.6. The van der Waals surface area contributed by atoms with Gasteiger partial charge in [0.05, 0.1) is 11.9 Å². The molecule has 10 heteroatoms. The van der Waals surface area contributed by atoms with Gasteiger partial charge < -0.3 is 10.1 Å². The zero-order valence-electron chi connectivity index (χ0n) is 14.2. The van der Waals surface area contributed by atoms with E-state index in [1.807, 2.05) is 23.1 Å². The Bertz CT molecular complexity index is 872. The molecule has 0 amide bonds. The van der Waals surface area contributed by atoms with E-state index in [1.54, 1.807) is 6.33 Å². The number of aromatic nitrogens is 5. The lowest BCUT2D eigenvalue weighted by Crippen LogP contribution is -2.21. The fourth-order valence-electron chi connectivity index (χ4n) is 2.35. The maximum Gasteiger partial charge on any atom is 0.490 e. The van der Waals surface area contributed by atoms with Gasteiger partial charge in [0.1, 0.15) is 12.0 Å². The molecule has 3 aromatic heterocycles. The van der Waals surface area contributed by atoms with Crippen LogP contribution in [-0.4, -0.2) is 42.0 Å². The van der Waals surface area contributed by atoms with Gasteiger partial charge in [-0.15, -0.1) is 0 Å². The number of rotatable bonds is 4. The monoisotopic (exact) mass is 369 g/mol. The van der Waals surface area contributed by atoms with E-state index in [9.17, 15) is 13.2 Å². The summed E-state index contributed by atoms with van der Waals surface area (Å²) in [6.07, 6.45) is 4.61. The second-order valence-electron chi connectivity index (χ2n) is 5.61. The van der Waals surface area contributed by atoms with E-state index < -0.39 is 12.1 Å². The third kappa shape index (κ3) is 4.58. The lowest BCUT2D eigenvalue weighted by molar-refractivity contribution is -0.192. The molecule has 0 spiro atoms. The molecule has 0 bridgehead atoms. The number of nitrogens with one attached hydrogen (secondary N) is 1. The van der Waals surface area contributed by atoms with E-state index in [4.69, 9.17) is 9.90 Å². The standard InChI is InChI=1S/C14H17N5.C2HF3O2/c1-3-4-10(2)19-8-11(7-18-19)13-12-5-6-15-14(12)17-9-16-13;3-2(4,5)1(6)7/h5-10H,3-4H2,1-2H3,(H,15,16,17);(H,6,7)/t10-;/m1./s1. The summed E-state index contributed by atoms with van der Waals surface area (Å²) in [5.74, 6) is -2.76. The molecule has 0 aliphatic heterocycles. The summed E-state index contributed by atoms with van der Waals surface area (Å²) in [5, 5.41) is 12.6. The predicted molar refractivity (Wildman–Crippen MR) is 88.4 cm³/mol. The maximum absolute atomic E-state index is 10.6. The topological polar surface area (TPSA) is 96.7 Å². The van der Waals surface area contributed by atoms with Gasteiger partial charge in [-0.25, -0.2) is 14.8 Å². The molecule has 3 aromatic rings. The van der Waals surface area contributed by atoms with Crippen molar-refractivity contribution in [3.63, 3.8) is 0 Å². The molecule has 0 saturated heterocycles. The summed E-state index contributed by atoms with van der Waals surface area (Å²) < 4.78 is 33.7. The van der Waals surface area contributed by atoms with Gasteiger partial charge in [-0.2, -0.15) is 18.3 Å². The quantitative estimate of drug-likeness (QED) is 0.729. The van der Waals surface area contributed by atoms with Crippen LogP contribution in [-0.2, 0) is 4.79 Å². The van der Waals surface area contributed by atoms with Crippen LogP contribution in [0.25, 0.3) is 22.3 Å². The van der Waals surface area contributed by atoms with Gasteiger partial charge in [0.25, 0.3) is 0 Å². The molecule has 0 aliphatic rings. The van der Waals surface area contributed by atoms with Crippen LogP contribution in [0.3, 0.4) is 0 Å². The van der Waals surface area contributed by atoms with Gasteiger partial charge in [-0.05, 0) is 19.4 Å². The van der Waals surface area contributed by atoms with Crippen molar-refractivity contribution in [2.24, 2.45) is 0 Å². The number of aliphatic carboxylic acids is 1. The molecular weight excluding hydrogens is 351 g/mol. The largest absolute Gasteiger partial charge is 0.490 e. The molecule has 0 unspecified atom stereocenters. The van der Waals surface area contributed by atoms with Crippen LogP contribution in [0.4, 0.5) is 13.2 Å². The fourth-order valence-corrected chi connectivity index (χ4v) is 2.35. The molecule has 0 fully saturated rings. The van der Waals surface area contributed by atoms with Crippen LogP contribution in [0.15, 0.2) is 31.0 Å². The Morgan fingerprint density at radius 3 is 2.69 bits per heavy atom. The van der Waals surface area contributed by atoms with E-state index in [-0.39, 0.29) is 0 Å². The van der Waals surface area contributed by atoms with Crippen molar-refractivity contribution in [2.75, 3.05) is 0 Å². The first-order valence-corrected chi connectivity index (χ1v) is 7.86. The third-order valence-corrected chi connectivity index (χ3v) is 3.63. The van der Waals surface area contributed by atoms with E-state index in [2.05, 4.69) is 40.1 Å². The van der Waals surface area contributed by atoms with Gasteiger partial charge in [-0.3, -0.25) is 4.68 Å². The Labute approximate surface area is 146 Å². The van der Waals surface area contributed by atoms with Crippen LogP contribution in [0.1, 0.15) is 32.7 Å². The molecule has 0 radical (unpaired) electrons. The normalized spacial score (nSPS) is 12.5. The fraction of sp³-hybridized carbons (Fsp3) is 0.375. The van der Waals surface area contributed by atoms with Gasteiger partial charge in [0.2, 0.25) is 0 Å². The van der Waals surface area contributed by atoms with Crippen molar-refractivity contribution in [3.05, 3.63) is 31.0 Å². The highest BCUT2D eigenvalue weighted by molar-refractivity contribution is 5.89. The van der Waals surface area contributed by atoms with Crippen LogP contribution >= 0.6 is 0 Å². The number of carboxylic acid groups (broad SMARTS) is 1. The number of aromatic amines is 1. The molecule has 0 saturated carbocycles. The summed E-state index contributed by atoms with van der Waals surface area (Å²) in [6.45, 7) is 4.38. The Balaban J connectivity index is 0.000000298. The number of alkyl halides is 3.